The fourth-order valence-corrected chi connectivity index (χ4v) is 3.48. The number of nitrogens with one attached hydrogen (secondary N) is 2. The number of sulfonamides is 1. The van der Waals surface area contributed by atoms with Crippen LogP contribution in [0.1, 0.15) is 5.56 Å². The number of carbonyl (C=O) groups excluding carboxylic acids is 1. The van der Waals surface area contributed by atoms with Gasteiger partial charge in [-0.3, -0.25) is 14.9 Å². The molecule has 1 atom stereocenters. The summed E-state index contributed by atoms with van der Waals surface area (Å²) in [6.45, 7) is 0. The lowest BCUT2D eigenvalue weighted by Crippen LogP contribution is -2.41. The largest absolute Gasteiger partial charge is 0.373 e. The summed E-state index contributed by atoms with van der Waals surface area (Å²) < 4.78 is 26.4. The Morgan fingerprint density at radius 3 is 2.46 bits per heavy atom. The van der Waals surface area contributed by atoms with Crippen LogP contribution in [0.25, 0.3) is 0 Å². The zero-order valence-corrected chi connectivity index (χ0v) is 13.1. The molecule has 8 nitrogen and oxygen atoms in total. The molecule has 0 radical (unpaired) electrons. The lowest BCUT2D eigenvalue weighted by Gasteiger charge is -2.12. The normalized spacial score (nSPS) is 16.1. The van der Waals surface area contributed by atoms with Crippen LogP contribution >= 0.6 is 0 Å². The average Bonchev–Trinajstić information content (AvgIpc) is 2.99. The van der Waals surface area contributed by atoms with Crippen molar-refractivity contribution in [2.75, 3.05) is 5.32 Å². The molecule has 124 valence electrons. The third kappa shape index (κ3) is 3.06. The maximum atomic E-state index is 12.2. The minimum atomic E-state index is -4.09. The number of nitrogens with zero attached hydrogens (tertiary/aromatic N) is 1. The van der Waals surface area contributed by atoms with E-state index in [2.05, 4.69) is 5.32 Å². The number of anilines is 1. The van der Waals surface area contributed by atoms with Crippen LogP contribution in [0.5, 0.6) is 0 Å². The van der Waals surface area contributed by atoms with Gasteiger partial charge in [0.25, 0.3) is 21.6 Å². The molecule has 0 saturated carbocycles. The van der Waals surface area contributed by atoms with E-state index in [1.165, 1.54) is 0 Å². The monoisotopic (exact) mass is 347 g/mol. The average molecular weight is 347 g/mol. The fourth-order valence-electron chi connectivity index (χ4n) is 2.47. The summed E-state index contributed by atoms with van der Waals surface area (Å²) in [4.78, 5) is 22.0. The smallest absolute Gasteiger partial charge is 0.269 e. The van der Waals surface area contributed by atoms with Crippen molar-refractivity contribution in [3.8, 4) is 0 Å². The van der Waals surface area contributed by atoms with Crippen molar-refractivity contribution in [2.24, 2.45) is 0 Å². The van der Waals surface area contributed by atoms with Gasteiger partial charge in [0.1, 0.15) is 6.04 Å². The molecule has 3 rings (SSSR count). The number of amides is 1. The van der Waals surface area contributed by atoms with Crippen LogP contribution in [0.3, 0.4) is 0 Å². The zero-order valence-electron chi connectivity index (χ0n) is 12.3. The summed E-state index contributed by atoms with van der Waals surface area (Å²) >= 11 is 0. The Labute approximate surface area is 137 Å². The second-order valence-electron chi connectivity index (χ2n) is 5.28. The van der Waals surface area contributed by atoms with Crippen molar-refractivity contribution >= 4 is 27.3 Å². The predicted octanol–water partition coefficient (Wildman–Crippen LogP) is 1.44. The number of hydrogen-bond donors (Lipinski definition) is 2. The number of nitro benzene ring substituents is 1. The van der Waals surface area contributed by atoms with Gasteiger partial charge in [0, 0.05) is 24.2 Å². The molecule has 0 aromatic heterocycles. The maximum Gasteiger partial charge on any atom is 0.269 e. The summed E-state index contributed by atoms with van der Waals surface area (Å²) in [5.74, 6) is -0.676. The first-order valence-electron chi connectivity index (χ1n) is 7.02. The number of hydrogen-bond acceptors (Lipinski definition) is 6. The first-order chi connectivity index (χ1) is 11.4. The van der Waals surface area contributed by atoms with Gasteiger partial charge < -0.3 is 5.32 Å². The quantitative estimate of drug-likeness (QED) is 0.638. The first-order valence-corrected chi connectivity index (χ1v) is 8.51. The number of benzene rings is 2. The number of para-hydroxylation sites is 1. The standard InChI is InChI=1S/C15H13N3O5S/c19-15(14-9-10-3-1-2-4-13(10)16-14)17-24(22,23)12-7-5-11(6-8-12)18(20)21/h1-8,14,16H,9H2,(H,17,19)/t14-/m0/s1. The van der Waals surface area contributed by atoms with Crippen molar-refractivity contribution in [1.82, 2.24) is 4.72 Å². The predicted molar refractivity (Wildman–Crippen MR) is 86.0 cm³/mol. The number of nitro groups is 1. The molecule has 24 heavy (non-hydrogen) atoms. The van der Waals surface area contributed by atoms with E-state index in [1.807, 2.05) is 29.0 Å². The van der Waals surface area contributed by atoms with Crippen LogP contribution in [0.4, 0.5) is 11.4 Å². The third-order valence-electron chi connectivity index (χ3n) is 3.68. The molecule has 2 aromatic carbocycles. The first kappa shape index (κ1) is 15.9. The van der Waals surface area contributed by atoms with Crippen molar-refractivity contribution in [2.45, 2.75) is 17.4 Å². The summed E-state index contributed by atoms with van der Waals surface area (Å²) in [6.07, 6.45) is 0.387. The van der Waals surface area contributed by atoms with E-state index in [-0.39, 0.29) is 10.6 Å². The van der Waals surface area contributed by atoms with Gasteiger partial charge in [0.05, 0.1) is 9.82 Å². The molecule has 0 saturated heterocycles. The molecule has 2 aromatic rings. The van der Waals surface area contributed by atoms with Crippen LogP contribution in [0.2, 0.25) is 0 Å². The van der Waals surface area contributed by atoms with Crippen molar-refractivity contribution in [1.29, 1.82) is 0 Å². The minimum absolute atomic E-state index is 0.211. The lowest BCUT2D eigenvalue weighted by molar-refractivity contribution is -0.384. The molecular formula is C15H13N3O5S. The van der Waals surface area contributed by atoms with Crippen molar-refractivity contribution in [3.05, 3.63) is 64.2 Å². The number of non-ortho nitro benzene ring substituents is 1. The number of carbonyl (C=O) groups is 1. The molecule has 0 spiro atoms. The van der Waals surface area contributed by atoms with Crippen LogP contribution in [0, 0.1) is 10.1 Å². The van der Waals surface area contributed by atoms with Crippen LogP contribution in [-0.4, -0.2) is 25.3 Å². The molecular weight excluding hydrogens is 334 g/mol. The van der Waals surface area contributed by atoms with E-state index in [4.69, 9.17) is 0 Å². The topological polar surface area (TPSA) is 118 Å². The minimum Gasteiger partial charge on any atom is -0.373 e. The molecule has 0 fully saturated rings. The highest BCUT2D eigenvalue weighted by atomic mass is 32.2. The van der Waals surface area contributed by atoms with E-state index in [1.54, 1.807) is 0 Å². The summed E-state index contributed by atoms with van der Waals surface area (Å²) in [5.41, 5.74) is 1.50. The van der Waals surface area contributed by atoms with E-state index in [0.29, 0.717) is 6.42 Å². The Bertz CT molecular complexity index is 884. The molecule has 0 unspecified atom stereocenters. The highest BCUT2D eigenvalue weighted by Gasteiger charge is 2.29. The molecule has 1 amide bonds. The summed E-state index contributed by atoms with van der Waals surface area (Å²) in [6, 6.07) is 11.0. The van der Waals surface area contributed by atoms with Gasteiger partial charge in [-0.1, -0.05) is 18.2 Å². The van der Waals surface area contributed by atoms with E-state index < -0.39 is 26.9 Å². The van der Waals surface area contributed by atoms with Gasteiger partial charge in [-0.15, -0.1) is 0 Å². The Balaban J connectivity index is 1.73. The van der Waals surface area contributed by atoms with Gasteiger partial charge in [0.2, 0.25) is 0 Å². The van der Waals surface area contributed by atoms with Gasteiger partial charge in [-0.25, -0.2) is 13.1 Å². The SMILES string of the molecule is O=C(NS(=O)(=O)c1ccc([N+](=O)[O-])cc1)[C@@H]1Cc2ccccc2N1. The molecule has 1 aliphatic heterocycles. The van der Waals surface area contributed by atoms with Gasteiger partial charge >= 0.3 is 0 Å². The number of fused-ring (bicyclic) bond motifs is 1. The van der Waals surface area contributed by atoms with E-state index in [0.717, 1.165) is 35.5 Å². The molecule has 9 heteroatoms. The van der Waals surface area contributed by atoms with Gasteiger partial charge in [-0.2, -0.15) is 0 Å². The Morgan fingerprint density at radius 1 is 1.17 bits per heavy atom. The Kier molecular flexibility index (Phi) is 3.94. The second kappa shape index (κ2) is 5.93. The zero-order chi connectivity index (χ0) is 17.3. The van der Waals surface area contributed by atoms with Crippen molar-refractivity contribution < 1.29 is 18.1 Å². The molecule has 0 bridgehead atoms. The van der Waals surface area contributed by atoms with Crippen LogP contribution < -0.4 is 10.0 Å². The number of rotatable bonds is 4. The molecule has 1 aliphatic rings. The highest BCUT2D eigenvalue weighted by molar-refractivity contribution is 7.90. The van der Waals surface area contributed by atoms with Crippen molar-refractivity contribution in [3.63, 3.8) is 0 Å². The Hall–Kier alpha value is -2.94. The second-order valence-corrected chi connectivity index (χ2v) is 6.96. The third-order valence-corrected chi connectivity index (χ3v) is 5.04. The Morgan fingerprint density at radius 2 is 1.83 bits per heavy atom. The lowest BCUT2D eigenvalue weighted by atomic mass is 10.1. The summed E-state index contributed by atoms with van der Waals surface area (Å²) in [5, 5.41) is 13.6. The van der Waals surface area contributed by atoms with E-state index in [9.17, 15) is 23.3 Å². The van der Waals surface area contributed by atoms with Gasteiger partial charge in [0.15, 0.2) is 0 Å². The molecule has 0 aliphatic carbocycles. The van der Waals surface area contributed by atoms with Crippen LogP contribution in [0.15, 0.2) is 53.4 Å². The van der Waals surface area contributed by atoms with Gasteiger partial charge in [-0.05, 0) is 23.8 Å². The molecule has 2 N–H and O–H groups in total. The summed E-state index contributed by atoms with van der Waals surface area (Å²) in [7, 11) is -4.09. The maximum absolute atomic E-state index is 12.2. The molecule has 1 heterocycles. The fraction of sp³-hybridized carbons (Fsp3) is 0.133. The van der Waals surface area contributed by atoms with Crippen LogP contribution in [-0.2, 0) is 21.2 Å². The van der Waals surface area contributed by atoms with E-state index >= 15 is 0 Å². The highest BCUT2D eigenvalue weighted by Crippen LogP contribution is 2.25.